The molecule has 2 atom stereocenters. The van der Waals surface area contributed by atoms with Crippen LogP contribution in [-0.2, 0) is 0 Å². The van der Waals surface area contributed by atoms with Crippen LogP contribution in [0.2, 0.25) is 0 Å². The Kier molecular flexibility index (Phi) is 3.55. The van der Waals surface area contributed by atoms with Crippen molar-refractivity contribution in [3.05, 3.63) is 12.3 Å². The van der Waals surface area contributed by atoms with Gasteiger partial charge in [0, 0.05) is 31.4 Å². The number of ether oxygens (including phenoxy) is 1. The van der Waals surface area contributed by atoms with Gasteiger partial charge in [0.05, 0.1) is 7.11 Å². The van der Waals surface area contributed by atoms with Gasteiger partial charge in [0.25, 0.3) is 0 Å². The van der Waals surface area contributed by atoms with Gasteiger partial charge < -0.3 is 14.5 Å². The van der Waals surface area contributed by atoms with Crippen LogP contribution in [0.3, 0.4) is 0 Å². The summed E-state index contributed by atoms with van der Waals surface area (Å²) in [6, 6.07) is 2.40. The van der Waals surface area contributed by atoms with E-state index in [1.165, 1.54) is 32.4 Å². The zero-order chi connectivity index (χ0) is 13.2. The van der Waals surface area contributed by atoms with Crippen LogP contribution in [0.1, 0.15) is 19.3 Å². The summed E-state index contributed by atoms with van der Waals surface area (Å²) in [4.78, 5) is 13.8. The molecule has 19 heavy (non-hydrogen) atoms. The maximum atomic E-state index is 5.21. The molecule has 2 aliphatic rings. The van der Waals surface area contributed by atoms with Crippen molar-refractivity contribution in [2.75, 3.05) is 38.7 Å². The fraction of sp³-hybridized carbons (Fsp3) is 0.714. The van der Waals surface area contributed by atoms with Gasteiger partial charge in [-0.1, -0.05) is 0 Å². The molecule has 1 aromatic heterocycles. The SMILES string of the molecule is COc1ccnc(N2CCC[C@@H]3CN(C)CC[C@@H]32)n1. The summed E-state index contributed by atoms with van der Waals surface area (Å²) in [5.41, 5.74) is 0. The van der Waals surface area contributed by atoms with E-state index < -0.39 is 0 Å². The molecule has 1 aromatic rings. The number of methoxy groups -OCH3 is 1. The largest absolute Gasteiger partial charge is 0.481 e. The van der Waals surface area contributed by atoms with Gasteiger partial charge in [-0.15, -0.1) is 0 Å². The van der Waals surface area contributed by atoms with E-state index in [1.54, 1.807) is 19.4 Å². The van der Waals surface area contributed by atoms with Crippen LogP contribution in [0.15, 0.2) is 12.3 Å². The Morgan fingerprint density at radius 3 is 3.05 bits per heavy atom. The van der Waals surface area contributed by atoms with Gasteiger partial charge >= 0.3 is 0 Å². The zero-order valence-electron chi connectivity index (χ0n) is 11.7. The van der Waals surface area contributed by atoms with Crippen molar-refractivity contribution in [3.63, 3.8) is 0 Å². The number of hydrogen-bond donors (Lipinski definition) is 0. The highest BCUT2D eigenvalue weighted by Gasteiger charge is 2.36. The van der Waals surface area contributed by atoms with E-state index >= 15 is 0 Å². The summed E-state index contributed by atoms with van der Waals surface area (Å²) in [5.74, 6) is 2.24. The fourth-order valence-electron chi connectivity index (χ4n) is 3.42. The molecule has 104 valence electrons. The average molecular weight is 262 g/mol. The first kappa shape index (κ1) is 12.7. The second-order valence-corrected chi connectivity index (χ2v) is 5.61. The van der Waals surface area contributed by atoms with Crippen molar-refractivity contribution >= 4 is 5.95 Å². The third-order valence-corrected chi connectivity index (χ3v) is 4.35. The van der Waals surface area contributed by atoms with E-state index in [1.807, 2.05) is 0 Å². The van der Waals surface area contributed by atoms with Gasteiger partial charge in [-0.25, -0.2) is 4.98 Å². The Hall–Kier alpha value is -1.36. The smallest absolute Gasteiger partial charge is 0.228 e. The highest BCUT2D eigenvalue weighted by Crippen LogP contribution is 2.32. The van der Waals surface area contributed by atoms with Crippen molar-refractivity contribution in [1.82, 2.24) is 14.9 Å². The highest BCUT2D eigenvalue weighted by atomic mass is 16.5. The molecule has 2 saturated heterocycles. The van der Waals surface area contributed by atoms with Crippen molar-refractivity contribution in [2.24, 2.45) is 5.92 Å². The number of nitrogens with zero attached hydrogens (tertiary/aromatic N) is 4. The molecular formula is C14H22N4O. The van der Waals surface area contributed by atoms with Crippen molar-refractivity contribution in [2.45, 2.75) is 25.3 Å². The molecule has 5 heteroatoms. The maximum absolute atomic E-state index is 5.21. The topological polar surface area (TPSA) is 41.5 Å². The Morgan fingerprint density at radius 2 is 2.21 bits per heavy atom. The first-order chi connectivity index (χ1) is 9.28. The van der Waals surface area contributed by atoms with Crippen LogP contribution in [0.25, 0.3) is 0 Å². The second-order valence-electron chi connectivity index (χ2n) is 5.61. The molecule has 0 unspecified atom stereocenters. The van der Waals surface area contributed by atoms with Crippen molar-refractivity contribution in [3.8, 4) is 5.88 Å². The summed E-state index contributed by atoms with van der Waals surface area (Å²) in [6.07, 6.45) is 5.56. The molecule has 0 radical (unpaired) electrons. The Balaban J connectivity index is 1.82. The van der Waals surface area contributed by atoms with Gasteiger partial charge in [-0.2, -0.15) is 4.98 Å². The Morgan fingerprint density at radius 1 is 1.32 bits per heavy atom. The number of likely N-dealkylation sites (tertiary alicyclic amines) is 1. The summed E-state index contributed by atoms with van der Waals surface area (Å²) >= 11 is 0. The third-order valence-electron chi connectivity index (χ3n) is 4.35. The molecule has 0 spiro atoms. The average Bonchev–Trinajstić information content (AvgIpc) is 2.46. The van der Waals surface area contributed by atoms with Gasteiger partial charge in [-0.05, 0) is 38.8 Å². The Bertz CT molecular complexity index is 439. The van der Waals surface area contributed by atoms with E-state index in [2.05, 4.69) is 26.8 Å². The predicted octanol–water partition coefficient (Wildman–Crippen LogP) is 1.41. The van der Waals surface area contributed by atoms with Gasteiger partial charge in [0.15, 0.2) is 0 Å². The number of aromatic nitrogens is 2. The van der Waals surface area contributed by atoms with Gasteiger partial charge in [-0.3, -0.25) is 0 Å². The molecule has 0 N–H and O–H groups in total. The monoisotopic (exact) mass is 262 g/mol. The number of rotatable bonds is 2. The highest BCUT2D eigenvalue weighted by molar-refractivity contribution is 5.35. The summed E-state index contributed by atoms with van der Waals surface area (Å²) in [5, 5.41) is 0. The van der Waals surface area contributed by atoms with Crippen molar-refractivity contribution < 1.29 is 4.74 Å². The predicted molar refractivity (Wildman–Crippen MR) is 74.6 cm³/mol. The van der Waals surface area contributed by atoms with E-state index in [0.717, 1.165) is 18.4 Å². The molecule has 5 nitrogen and oxygen atoms in total. The lowest BCUT2D eigenvalue weighted by atomic mass is 9.84. The van der Waals surface area contributed by atoms with Gasteiger partial charge in [0.2, 0.25) is 11.8 Å². The molecular weight excluding hydrogens is 240 g/mol. The molecule has 2 aliphatic heterocycles. The van der Waals surface area contributed by atoms with Crippen LogP contribution in [-0.4, -0.2) is 54.7 Å². The number of hydrogen-bond acceptors (Lipinski definition) is 5. The van der Waals surface area contributed by atoms with Crippen LogP contribution < -0.4 is 9.64 Å². The van der Waals surface area contributed by atoms with Gasteiger partial charge in [0.1, 0.15) is 0 Å². The van der Waals surface area contributed by atoms with E-state index in [9.17, 15) is 0 Å². The maximum Gasteiger partial charge on any atom is 0.228 e. The number of piperidine rings is 2. The lowest BCUT2D eigenvalue weighted by molar-refractivity contribution is 0.153. The van der Waals surface area contributed by atoms with Crippen LogP contribution in [0.5, 0.6) is 5.88 Å². The summed E-state index contributed by atoms with van der Waals surface area (Å²) < 4.78 is 5.21. The molecule has 0 amide bonds. The lowest BCUT2D eigenvalue weighted by Crippen LogP contribution is -2.53. The molecule has 2 fully saturated rings. The minimum Gasteiger partial charge on any atom is -0.481 e. The minimum absolute atomic E-state index is 0.594. The first-order valence-electron chi connectivity index (χ1n) is 7.10. The fourth-order valence-corrected chi connectivity index (χ4v) is 3.42. The van der Waals surface area contributed by atoms with E-state index in [0.29, 0.717) is 11.9 Å². The molecule has 0 aromatic carbocycles. The molecule has 3 heterocycles. The van der Waals surface area contributed by atoms with Crippen LogP contribution in [0, 0.1) is 5.92 Å². The van der Waals surface area contributed by atoms with Crippen LogP contribution >= 0.6 is 0 Å². The Labute approximate surface area is 114 Å². The molecule has 0 bridgehead atoms. The standard InChI is InChI=1S/C14H22N4O/c1-17-9-6-12-11(10-17)4-3-8-18(12)14-15-7-5-13(16-14)19-2/h5,7,11-12H,3-4,6,8-10H2,1-2H3/t11-,12+/m1/s1. The second kappa shape index (κ2) is 5.33. The molecule has 0 aliphatic carbocycles. The van der Waals surface area contributed by atoms with E-state index in [4.69, 9.17) is 4.74 Å². The third kappa shape index (κ3) is 2.52. The minimum atomic E-state index is 0.594. The number of fused-ring (bicyclic) bond motifs is 1. The molecule has 3 rings (SSSR count). The van der Waals surface area contributed by atoms with Crippen LogP contribution in [0.4, 0.5) is 5.95 Å². The lowest BCUT2D eigenvalue weighted by Gasteiger charge is -2.46. The summed E-state index contributed by atoms with van der Waals surface area (Å²) in [7, 11) is 3.87. The molecule has 0 saturated carbocycles. The zero-order valence-corrected chi connectivity index (χ0v) is 11.7. The van der Waals surface area contributed by atoms with Crippen molar-refractivity contribution in [1.29, 1.82) is 0 Å². The first-order valence-corrected chi connectivity index (χ1v) is 7.10. The number of anilines is 1. The quantitative estimate of drug-likeness (QED) is 0.806. The van der Waals surface area contributed by atoms with E-state index in [-0.39, 0.29) is 0 Å². The summed E-state index contributed by atoms with van der Waals surface area (Å²) in [6.45, 7) is 3.44. The normalized spacial score (nSPS) is 28.0.